The Labute approximate surface area is 197 Å². The van der Waals surface area contributed by atoms with Gasteiger partial charge >= 0.3 is 0 Å². The Balaban J connectivity index is 1.96. The van der Waals surface area contributed by atoms with Gasteiger partial charge in [0, 0.05) is 25.4 Å². The van der Waals surface area contributed by atoms with E-state index >= 15 is 0 Å². The van der Waals surface area contributed by atoms with Crippen molar-refractivity contribution in [3.63, 3.8) is 0 Å². The lowest BCUT2D eigenvalue weighted by molar-refractivity contribution is -0.141. The molecule has 33 heavy (non-hydrogen) atoms. The first-order chi connectivity index (χ1) is 16.0. The van der Waals surface area contributed by atoms with Crippen LogP contribution < -0.4 is 5.32 Å². The second-order valence-corrected chi connectivity index (χ2v) is 8.34. The summed E-state index contributed by atoms with van der Waals surface area (Å²) in [5.74, 6) is -0.196. The van der Waals surface area contributed by atoms with E-state index in [0.717, 1.165) is 22.3 Å². The summed E-state index contributed by atoms with van der Waals surface area (Å²) >= 11 is 0. The molecule has 0 bridgehead atoms. The van der Waals surface area contributed by atoms with E-state index < -0.39 is 6.04 Å². The van der Waals surface area contributed by atoms with E-state index in [1.807, 2.05) is 81.4 Å². The number of benzene rings is 3. The molecule has 0 aromatic heterocycles. The molecule has 172 valence electrons. The predicted octanol–water partition coefficient (Wildman–Crippen LogP) is 5.46. The third-order valence-electron chi connectivity index (χ3n) is 6.12. The van der Waals surface area contributed by atoms with Gasteiger partial charge in [-0.1, -0.05) is 91.9 Å². The van der Waals surface area contributed by atoms with Crippen molar-refractivity contribution in [2.75, 3.05) is 6.54 Å². The minimum Gasteiger partial charge on any atom is -0.355 e. The molecule has 2 amide bonds. The van der Waals surface area contributed by atoms with Crippen molar-refractivity contribution in [2.24, 2.45) is 0 Å². The number of likely N-dealkylation sites (N-methyl/N-ethyl adjacent to an activating group) is 1. The highest BCUT2D eigenvalue weighted by Crippen LogP contribution is 2.29. The molecule has 0 saturated carbocycles. The Bertz CT molecular complexity index is 994. The second-order valence-electron chi connectivity index (χ2n) is 8.34. The standard InChI is InChI=1S/C29H34N2O2/c1-4-27(29(33)30-5-2)31(21-25-19-13-12-14-22(25)3)28(32)20-26(23-15-8-6-9-16-23)24-17-10-7-11-18-24/h6-19,26-27H,4-5,20-21H2,1-3H3,(H,30,33). The number of hydrogen-bond donors (Lipinski definition) is 1. The fourth-order valence-corrected chi connectivity index (χ4v) is 4.27. The maximum absolute atomic E-state index is 13.9. The van der Waals surface area contributed by atoms with Crippen LogP contribution in [-0.4, -0.2) is 29.3 Å². The summed E-state index contributed by atoms with van der Waals surface area (Å²) in [4.78, 5) is 28.6. The summed E-state index contributed by atoms with van der Waals surface area (Å²) in [6.45, 7) is 6.86. The summed E-state index contributed by atoms with van der Waals surface area (Å²) in [6, 6.07) is 27.8. The highest BCUT2D eigenvalue weighted by Gasteiger charge is 2.30. The summed E-state index contributed by atoms with van der Waals surface area (Å²) in [5, 5.41) is 2.92. The zero-order valence-electron chi connectivity index (χ0n) is 19.8. The molecule has 3 aromatic rings. The van der Waals surface area contributed by atoms with Crippen LogP contribution in [0, 0.1) is 6.92 Å². The molecule has 0 aliphatic carbocycles. The highest BCUT2D eigenvalue weighted by molar-refractivity contribution is 5.88. The monoisotopic (exact) mass is 442 g/mol. The van der Waals surface area contributed by atoms with Gasteiger partial charge in [0.05, 0.1) is 0 Å². The third kappa shape index (κ3) is 6.32. The van der Waals surface area contributed by atoms with E-state index in [-0.39, 0.29) is 17.7 Å². The number of aryl methyl sites for hydroxylation is 1. The molecule has 3 aromatic carbocycles. The summed E-state index contributed by atoms with van der Waals surface area (Å²) < 4.78 is 0. The lowest BCUT2D eigenvalue weighted by Crippen LogP contribution is -2.49. The van der Waals surface area contributed by atoms with Crippen molar-refractivity contribution in [3.05, 3.63) is 107 Å². The topological polar surface area (TPSA) is 49.4 Å². The van der Waals surface area contributed by atoms with Crippen LogP contribution in [0.2, 0.25) is 0 Å². The normalized spacial score (nSPS) is 11.8. The molecular formula is C29H34N2O2. The van der Waals surface area contributed by atoms with Gasteiger partial charge in [0.25, 0.3) is 0 Å². The fraction of sp³-hybridized carbons (Fsp3) is 0.310. The van der Waals surface area contributed by atoms with Gasteiger partial charge in [-0.3, -0.25) is 9.59 Å². The molecule has 0 saturated heterocycles. The Morgan fingerprint density at radius 3 is 1.88 bits per heavy atom. The van der Waals surface area contributed by atoms with Crippen LogP contribution in [0.15, 0.2) is 84.9 Å². The second kappa shape index (κ2) is 12.0. The van der Waals surface area contributed by atoms with Gasteiger partial charge < -0.3 is 10.2 Å². The molecule has 0 spiro atoms. The van der Waals surface area contributed by atoms with Crippen molar-refractivity contribution in [1.82, 2.24) is 10.2 Å². The number of hydrogen-bond acceptors (Lipinski definition) is 2. The van der Waals surface area contributed by atoms with Crippen molar-refractivity contribution < 1.29 is 9.59 Å². The number of amides is 2. The van der Waals surface area contributed by atoms with Gasteiger partial charge in [-0.2, -0.15) is 0 Å². The van der Waals surface area contributed by atoms with E-state index in [9.17, 15) is 9.59 Å². The molecule has 3 rings (SSSR count). The lowest BCUT2D eigenvalue weighted by atomic mass is 9.88. The zero-order chi connectivity index (χ0) is 23.6. The molecule has 0 heterocycles. The van der Waals surface area contributed by atoms with Crippen LogP contribution in [0.3, 0.4) is 0 Å². The Hall–Kier alpha value is -3.40. The van der Waals surface area contributed by atoms with Crippen molar-refractivity contribution in [1.29, 1.82) is 0 Å². The summed E-state index contributed by atoms with van der Waals surface area (Å²) in [5.41, 5.74) is 4.37. The molecule has 0 aliphatic rings. The minimum absolute atomic E-state index is 0.0194. The molecule has 0 fully saturated rings. The van der Waals surface area contributed by atoms with Crippen LogP contribution in [0.25, 0.3) is 0 Å². The fourth-order valence-electron chi connectivity index (χ4n) is 4.27. The smallest absolute Gasteiger partial charge is 0.242 e. The Morgan fingerprint density at radius 2 is 1.36 bits per heavy atom. The van der Waals surface area contributed by atoms with E-state index in [1.165, 1.54) is 0 Å². The SMILES string of the molecule is CCNC(=O)C(CC)N(Cc1ccccc1C)C(=O)CC(c1ccccc1)c1ccccc1. The number of carbonyl (C=O) groups excluding carboxylic acids is 2. The van der Waals surface area contributed by atoms with Crippen molar-refractivity contribution in [3.8, 4) is 0 Å². The zero-order valence-corrected chi connectivity index (χ0v) is 19.8. The van der Waals surface area contributed by atoms with Crippen LogP contribution in [0.1, 0.15) is 54.9 Å². The van der Waals surface area contributed by atoms with Crippen molar-refractivity contribution in [2.45, 2.75) is 52.1 Å². The predicted molar refractivity (Wildman–Crippen MR) is 134 cm³/mol. The maximum Gasteiger partial charge on any atom is 0.242 e. The van der Waals surface area contributed by atoms with Gasteiger partial charge in [-0.05, 0) is 42.5 Å². The summed E-state index contributed by atoms with van der Waals surface area (Å²) in [7, 11) is 0. The van der Waals surface area contributed by atoms with E-state index in [4.69, 9.17) is 0 Å². The van der Waals surface area contributed by atoms with Gasteiger partial charge in [-0.25, -0.2) is 0 Å². The lowest BCUT2D eigenvalue weighted by Gasteiger charge is -2.32. The molecule has 4 heteroatoms. The molecule has 0 aliphatic heterocycles. The quantitative estimate of drug-likeness (QED) is 0.453. The molecule has 4 nitrogen and oxygen atoms in total. The molecule has 1 atom stereocenters. The Kier molecular flexibility index (Phi) is 8.82. The highest BCUT2D eigenvalue weighted by atomic mass is 16.2. The van der Waals surface area contributed by atoms with Crippen LogP contribution in [0.5, 0.6) is 0 Å². The molecular weight excluding hydrogens is 408 g/mol. The van der Waals surface area contributed by atoms with E-state index in [2.05, 4.69) is 29.6 Å². The summed E-state index contributed by atoms with van der Waals surface area (Å²) in [6.07, 6.45) is 0.862. The molecule has 1 unspecified atom stereocenters. The first kappa shape index (κ1) is 24.2. The number of carbonyl (C=O) groups is 2. The third-order valence-corrected chi connectivity index (χ3v) is 6.12. The van der Waals surface area contributed by atoms with Crippen LogP contribution in [-0.2, 0) is 16.1 Å². The van der Waals surface area contributed by atoms with Gasteiger partial charge in [0.1, 0.15) is 6.04 Å². The van der Waals surface area contributed by atoms with Gasteiger partial charge in [0.2, 0.25) is 11.8 Å². The molecule has 0 radical (unpaired) electrons. The van der Waals surface area contributed by atoms with Gasteiger partial charge in [-0.15, -0.1) is 0 Å². The van der Waals surface area contributed by atoms with Gasteiger partial charge in [0.15, 0.2) is 0 Å². The minimum atomic E-state index is -0.510. The van der Waals surface area contributed by atoms with Crippen LogP contribution >= 0.6 is 0 Å². The molecule has 1 N–H and O–H groups in total. The van der Waals surface area contributed by atoms with E-state index in [1.54, 1.807) is 4.90 Å². The average molecular weight is 443 g/mol. The average Bonchev–Trinajstić information content (AvgIpc) is 2.84. The largest absolute Gasteiger partial charge is 0.355 e. The number of nitrogens with zero attached hydrogens (tertiary/aromatic N) is 1. The van der Waals surface area contributed by atoms with Crippen molar-refractivity contribution >= 4 is 11.8 Å². The number of nitrogens with one attached hydrogen (secondary N) is 1. The Morgan fingerprint density at radius 1 is 0.818 bits per heavy atom. The van der Waals surface area contributed by atoms with E-state index in [0.29, 0.717) is 25.9 Å². The van der Waals surface area contributed by atoms with Crippen LogP contribution in [0.4, 0.5) is 0 Å². The maximum atomic E-state index is 13.9. The first-order valence-corrected chi connectivity index (χ1v) is 11.8. The number of rotatable bonds is 10. The first-order valence-electron chi connectivity index (χ1n) is 11.8.